The van der Waals surface area contributed by atoms with Gasteiger partial charge in [-0.2, -0.15) is 0 Å². The van der Waals surface area contributed by atoms with E-state index in [1.165, 1.54) is 0 Å². The lowest BCUT2D eigenvalue weighted by atomic mass is 9.98. The largest absolute Gasteiger partial charge is 0.381 e. The molecule has 2 saturated heterocycles. The van der Waals surface area contributed by atoms with E-state index in [1.807, 2.05) is 4.90 Å². The van der Waals surface area contributed by atoms with E-state index in [0.29, 0.717) is 58.2 Å². The van der Waals surface area contributed by atoms with Gasteiger partial charge in [0.1, 0.15) is 5.82 Å². The van der Waals surface area contributed by atoms with Crippen LogP contribution in [0.1, 0.15) is 38.2 Å². The number of likely N-dealkylation sites (tertiary alicyclic amines) is 1. The number of rotatable bonds is 5. The number of nitrogens with one attached hydrogen (secondary N) is 1. The molecule has 2 aliphatic heterocycles. The van der Waals surface area contributed by atoms with E-state index in [0.717, 1.165) is 18.9 Å². The van der Waals surface area contributed by atoms with E-state index in [-0.39, 0.29) is 35.5 Å². The molecule has 1 saturated carbocycles. The molecule has 3 atom stereocenters. The monoisotopic (exact) mass is 510 g/mol. The molecule has 0 unspecified atom stereocenters. The number of benzene rings is 1. The molecule has 1 aliphatic carbocycles. The molecular weight excluding hydrogens is 483 g/mol. The van der Waals surface area contributed by atoms with Crippen LogP contribution in [0.3, 0.4) is 0 Å². The van der Waals surface area contributed by atoms with Crippen LogP contribution >= 0.6 is 0 Å². The van der Waals surface area contributed by atoms with Crippen molar-refractivity contribution in [2.45, 2.75) is 44.6 Å². The van der Waals surface area contributed by atoms with Gasteiger partial charge in [-0.1, -0.05) is 0 Å². The smallest absolute Gasteiger partial charge is 0.274 e. The Balaban J connectivity index is 1.29. The van der Waals surface area contributed by atoms with Gasteiger partial charge in [-0.15, -0.1) is 10.2 Å². The van der Waals surface area contributed by atoms with Crippen LogP contribution in [0.2, 0.25) is 0 Å². The number of nitrogens with zero attached hydrogens (tertiary/aromatic N) is 3. The van der Waals surface area contributed by atoms with Crippen molar-refractivity contribution in [3.63, 3.8) is 0 Å². The van der Waals surface area contributed by atoms with Gasteiger partial charge in [-0.25, -0.2) is 22.0 Å². The zero-order valence-electron chi connectivity index (χ0n) is 19.7. The zero-order chi connectivity index (χ0) is 25.6. The Morgan fingerprint density at radius 1 is 1.06 bits per heavy atom. The second-order valence-corrected chi connectivity index (χ2v) is 10.1. The average molecular weight is 511 g/mol. The minimum Gasteiger partial charge on any atom is -0.381 e. The summed E-state index contributed by atoms with van der Waals surface area (Å²) in [5.41, 5.74) is -1.51. The third-order valence-corrected chi connectivity index (χ3v) is 7.51. The van der Waals surface area contributed by atoms with Crippen LogP contribution in [0.15, 0.2) is 18.2 Å². The van der Waals surface area contributed by atoms with E-state index in [9.17, 15) is 26.7 Å². The van der Waals surface area contributed by atoms with Gasteiger partial charge in [0.25, 0.3) is 5.92 Å². The van der Waals surface area contributed by atoms with Crippen molar-refractivity contribution in [3.05, 3.63) is 41.2 Å². The van der Waals surface area contributed by atoms with Crippen molar-refractivity contribution in [3.8, 4) is 11.3 Å². The number of hydrogen-bond acceptors (Lipinski definition) is 5. The molecule has 1 aromatic heterocycles. The first-order valence-corrected chi connectivity index (χ1v) is 12.1. The summed E-state index contributed by atoms with van der Waals surface area (Å²) in [6, 6.07) is 1.83. The zero-order valence-corrected chi connectivity index (χ0v) is 19.7. The van der Waals surface area contributed by atoms with E-state index >= 15 is 0 Å². The van der Waals surface area contributed by atoms with Crippen LogP contribution in [0.25, 0.3) is 11.3 Å². The lowest BCUT2D eigenvalue weighted by Gasteiger charge is -2.27. The number of hydrogen-bond donors (Lipinski definition) is 1. The molecule has 1 aromatic carbocycles. The minimum absolute atomic E-state index is 0.00559. The molecule has 6 nitrogen and oxygen atoms in total. The van der Waals surface area contributed by atoms with Crippen molar-refractivity contribution in [2.24, 2.45) is 17.8 Å². The Labute approximate surface area is 205 Å². The van der Waals surface area contributed by atoms with Crippen molar-refractivity contribution >= 4 is 11.7 Å². The third kappa shape index (κ3) is 4.89. The predicted octanol–water partition coefficient (Wildman–Crippen LogP) is 4.75. The van der Waals surface area contributed by atoms with Crippen LogP contribution in [-0.4, -0.2) is 53.3 Å². The molecule has 3 fully saturated rings. The highest BCUT2D eigenvalue weighted by molar-refractivity contribution is 5.79. The van der Waals surface area contributed by atoms with Gasteiger partial charge in [0.2, 0.25) is 5.91 Å². The maximum absolute atomic E-state index is 14.5. The number of carbonyl (C=O) groups is 1. The molecule has 11 heteroatoms. The van der Waals surface area contributed by atoms with Gasteiger partial charge >= 0.3 is 0 Å². The molecule has 1 amide bonds. The number of amides is 1. The van der Waals surface area contributed by atoms with Gasteiger partial charge in [0.05, 0.1) is 11.3 Å². The number of carbonyl (C=O) groups excluding carboxylic acids is 1. The Morgan fingerprint density at radius 3 is 2.36 bits per heavy atom. The number of halogens is 5. The Bertz CT molecular complexity index is 1140. The predicted molar refractivity (Wildman–Crippen MR) is 121 cm³/mol. The van der Waals surface area contributed by atoms with E-state index in [4.69, 9.17) is 4.74 Å². The molecule has 3 aliphatic rings. The van der Waals surface area contributed by atoms with E-state index in [2.05, 4.69) is 15.5 Å². The summed E-state index contributed by atoms with van der Waals surface area (Å²) in [4.78, 5) is 14.8. The van der Waals surface area contributed by atoms with Crippen molar-refractivity contribution in [2.75, 3.05) is 31.6 Å². The normalized spacial score (nSPS) is 24.7. The van der Waals surface area contributed by atoms with Crippen LogP contribution in [0, 0.1) is 35.2 Å². The number of anilines is 1. The molecular formula is C25H27F5N4O2. The summed E-state index contributed by atoms with van der Waals surface area (Å²) in [5, 5.41) is 10.7. The van der Waals surface area contributed by atoms with Crippen LogP contribution in [-0.2, 0) is 15.5 Å². The molecule has 0 spiro atoms. The second-order valence-electron chi connectivity index (χ2n) is 10.1. The SMILES string of the molecule is CC(F)(F)c1cc(-c2cc(F)cc(F)c2F)nnc1N[C@@H]1C[C@@H]2CN(C(=O)C3CCOCC3)C[C@@H]2C1. The van der Waals surface area contributed by atoms with Crippen molar-refractivity contribution in [1.29, 1.82) is 0 Å². The molecule has 36 heavy (non-hydrogen) atoms. The highest BCUT2D eigenvalue weighted by Gasteiger charge is 2.44. The topological polar surface area (TPSA) is 67.4 Å². The van der Waals surface area contributed by atoms with Crippen molar-refractivity contribution < 1.29 is 31.5 Å². The average Bonchev–Trinajstić information content (AvgIpc) is 3.40. The number of aromatic nitrogens is 2. The Hall–Kier alpha value is -2.82. The Kier molecular flexibility index (Phi) is 6.61. The second kappa shape index (κ2) is 9.57. The summed E-state index contributed by atoms with van der Waals surface area (Å²) < 4.78 is 75.8. The summed E-state index contributed by atoms with van der Waals surface area (Å²) in [5.74, 6) is -6.71. The summed E-state index contributed by atoms with van der Waals surface area (Å²) in [6.07, 6.45) is 2.85. The maximum Gasteiger partial charge on any atom is 0.274 e. The molecule has 3 heterocycles. The van der Waals surface area contributed by atoms with Gasteiger partial charge in [-0.3, -0.25) is 4.79 Å². The van der Waals surface area contributed by atoms with Gasteiger partial charge < -0.3 is 15.0 Å². The fraction of sp³-hybridized carbons (Fsp3) is 0.560. The highest BCUT2D eigenvalue weighted by atomic mass is 19.3. The third-order valence-electron chi connectivity index (χ3n) is 7.51. The fourth-order valence-corrected chi connectivity index (χ4v) is 5.70. The first-order valence-electron chi connectivity index (χ1n) is 12.1. The molecule has 2 aromatic rings. The van der Waals surface area contributed by atoms with E-state index in [1.54, 1.807) is 0 Å². The van der Waals surface area contributed by atoms with Gasteiger partial charge in [0.15, 0.2) is 17.5 Å². The Morgan fingerprint density at radius 2 is 1.72 bits per heavy atom. The minimum atomic E-state index is -3.36. The van der Waals surface area contributed by atoms with Crippen LogP contribution in [0.4, 0.5) is 27.8 Å². The van der Waals surface area contributed by atoms with Gasteiger partial charge in [-0.05, 0) is 49.7 Å². The quantitative estimate of drug-likeness (QED) is 0.465. The standard InChI is InChI=1S/C25H27F5N4O2/c1-25(29,30)19-10-21(18-8-16(26)9-20(27)22(18)28)32-33-23(19)31-17-6-14-11-34(12-15(14)7-17)24(35)13-2-4-36-5-3-13/h8-10,13-15,17H,2-7,11-12H2,1H3,(H,31,33)/t14-,15+,17-. The number of alkyl halides is 2. The highest BCUT2D eigenvalue weighted by Crippen LogP contribution is 2.42. The summed E-state index contributed by atoms with van der Waals surface area (Å²) in [6.45, 7) is 3.17. The molecule has 5 rings (SSSR count). The lowest BCUT2D eigenvalue weighted by Crippen LogP contribution is -2.38. The van der Waals surface area contributed by atoms with Crippen LogP contribution < -0.4 is 5.32 Å². The summed E-state index contributed by atoms with van der Waals surface area (Å²) >= 11 is 0. The van der Waals surface area contributed by atoms with Crippen LogP contribution in [0.5, 0.6) is 0 Å². The summed E-state index contributed by atoms with van der Waals surface area (Å²) in [7, 11) is 0. The first kappa shape index (κ1) is 24.9. The van der Waals surface area contributed by atoms with E-state index < -0.39 is 40.2 Å². The lowest BCUT2D eigenvalue weighted by molar-refractivity contribution is -0.137. The molecule has 0 radical (unpaired) electrons. The maximum atomic E-state index is 14.5. The fourth-order valence-electron chi connectivity index (χ4n) is 5.70. The molecule has 0 bridgehead atoms. The van der Waals surface area contributed by atoms with Gasteiger partial charge in [0, 0.05) is 56.8 Å². The molecule has 1 N–H and O–H groups in total. The number of fused-ring (bicyclic) bond motifs is 1. The molecule has 194 valence electrons. The van der Waals surface area contributed by atoms with Crippen molar-refractivity contribution in [1.82, 2.24) is 15.1 Å². The first-order chi connectivity index (χ1) is 17.1. The number of ether oxygens (including phenoxy) is 1.